The van der Waals surface area contributed by atoms with Gasteiger partial charge in [0.25, 0.3) is 0 Å². The molecule has 0 spiro atoms. The minimum absolute atomic E-state index is 0.0573. The molecule has 0 aromatic carbocycles. The second-order valence-electron chi connectivity index (χ2n) is 34.2. The third-order valence-corrected chi connectivity index (χ3v) is 30.5. The Hall–Kier alpha value is -4.35. The van der Waals surface area contributed by atoms with Crippen LogP contribution in [0, 0.1) is 85.8 Å². The molecular weight excluding hydrogens is 1410 g/mol. The van der Waals surface area contributed by atoms with Gasteiger partial charge in [-0.15, -0.1) is 23.2 Å². The predicted octanol–water partition coefficient (Wildman–Crippen LogP) is 17.2. The summed E-state index contributed by atoms with van der Waals surface area (Å²) in [6.45, 7) is 36.1. The minimum atomic E-state index is -0.623. The van der Waals surface area contributed by atoms with Gasteiger partial charge < -0.3 is 44.1 Å². The molecule has 5 saturated carbocycles. The van der Waals surface area contributed by atoms with E-state index in [9.17, 15) is 44.4 Å². The molecule has 10 fully saturated rings. The molecule has 0 bridgehead atoms. The number of aliphatic hydroxyl groups excluding tert-OH is 4. The van der Waals surface area contributed by atoms with Gasteiger partial charge in [0.05, 0.1) is 59.4 Å². The van der Waals surface area contributed by atoms with E-state index < -0.39 is 68.5 Å². The molecule has 5 aliphatic heterocycles. The topological polar surface area (TPSA) is 212 Å². The number of ether oxygens (including phenoxy) is 5. The van der Waals surface area contributed by atoms with Gasteiger partial charge in [0, 0.05) is 72.4 Å². The maximum absolute atomic E-state index is 12.6. The van der Waals surface area contributed by atoms with E-state index in [-0.39, 0.29) is 86.9 Å². The lowest BCUT2D eigenvalue weighted by molar-refractivity contribution is -0.254. The summed E-state index contributed by atoms with van der Waals surface area (Å²) in [7, 11) is 0. The number of alkyl halides is 3. The van der Waals surface area contributed by atoms with Gasteiger partial charge in [0.15, 0.2) is 0 Å². The molecule has 103 heavy (non-hydrogen) atoms. The Morgan fingerprint density at radius 2 is 0.903 bits per heavy atom. The van der Waals surface area contributed by atoms with Crippen LogP contribution in [0.15, 0.2) is 122 Å². The molecular formula is C86H119BrCl2O14. The SMILES string of the molecule is C=C1O[C@@]2(C)[C@@H](C)C(=O)C[C@@]12C(O)[C@@H]1C=CCCC1.C=C1O[C@@]2(C)[C@@H](CC)C(=O)C[C@@]12[C@@H](O)[C@]1(C)C=CCCC1.C=C1O[C@@]2(C)[C@@H](CCBr)C(=O)C[C@@]12[C@@H](O)[C@@H]1C=CCCC1.C=C1O[C@@]2(C)[C@@H](CCCl)C(=O)C[C@@]12C[C@@H]1C=CCCC1.C=C1O[C@@]2(CC)[C@@H](CCCl)C(=O)C[C@@]12[C@@H](O)[C@@H]1C=CCCC1. The van der Waals surface area contributed by atoms with E-state index >= 15 is 0 Å². The number of allylic oxidation sites excluding steroid dienone is 6. The standard InChI is InChI=1S/C18H25ClO3.C18H26O3.C17H23BrO3.C17H23ClO2.C16H22O3/c1-3-18-14(9-10-19)15(20)11-17(18,12(2)22-18)16(21)13-7-5-4-6-8-13;1-5-13-14(19)11-18(12(2)21-17(13,18)4)15(20)16(3)9-7-6-8-10-16;1-11-17(15(20)12-6-4-3-5-7-12)10-14(19)13(8-9-18)16(17,2)21-11;1-12-17(10-13-6-4-3-5-7-13)11-15(19)14(8-9-18)16(17,2)20-12;1-10-13(17)9-16(11(2)19-15(10,16)3)14(18)12-7-5-4-6-8-12/h5,7,13-14,16,21H,2-4,6,8-11H2,1H3;7,9,13,15,20H,2,5-6,8,10-11H2,1,3-4H3;4,6,12-13,15,20H,1,3,5,7-10H2,2H3;4,6,13-14H,1,3,5,7-11H2,2H3;5,7,10,12,14,18H,2,4,6,8-9H2,1,3H3/t13-,14+,16+,17+,18+;13-,15-,16+,17-,18-;12-,13+,15+,16+,17+;13-,14+,16+,17+;10-,12+,14?,15-,16-/m10110/s1. The van der Waals surface area contributed by atoms with Crippen molar-refractivity contribution < 1.29 is 68.1 Å². The molecule has 15 rings (SSSR count). The van der Waals surface area contributed by atoms with E-state index in [1.54, 1.807) is 0 Å². The smallest absolute Gasteiger partial charge is 0.141 e. The van der Waals surface area contributed by atoms with Crippen molar-refractivity contribution >= 4 is 68.0 Å². The van der Waals surface area contributed by atoms with E-state index in [0.29, 0.717) is 97.9 Å². The zero-order valence-electron chi connectivity index (χ0n) is 62.8. The minimum Gasteiger partial charge on any atom is -0.490 e. The number of aliphatic hydroxyl groups is 4. The number of rotatable bonds is 18. The van der Waals surface area contributed by atoms with E-state index in [1.807, 2.05) is 41.5 Å². The van der Waals surface area contributed by atoms with Crippen LogP contribution in [0.3, 0.4) is 0 Å². The maximum atomic E-state index is 12.6. The van der Waals surface area contributed by atoms with E-state index in [4.69, 9.17) is 46.9 Å². The van der Waals surface area contributed by atoms with Gasteiger partial charge in [-0.25, -0.2) is 0 Å². The molecule has 17 heteroatoms. The van der Waals surface area contributed by atoms with Crippen LogP contribution in [0.25, 0.3) is 0 Å². The Labute approximate surface area is 632 Å². The van der Waals surface area contributed by atoms with E-state index in [1.165, 1.54) is 19.3 Å². The lowest BCUT2D eigenvalue weighted by Crippen LogP contribution is -2.66. The molecule has 5 heterocycles. The molecule has 1 unspecified atom stereocenters. The summed E-state index contributed by atoms with van der Waals surface area (Å²) in [5.41, 5.74) is -5.60. The number of carbonyl (C=O) groups is 5. The number of ketones is 5. The largest absolute Gasteiger partial charge is 0.490 e. The lowest BCUT2D eigenvalue weighted by Gasteiger charge is -2.61. The molecule has 0 aromatic rings. The van der Waals surface area contributed by atoms with Crippen molar-refractivity contribution in [3.63, 3.8) is 0 Å². The van der Waals surface area contributed by atoms with Gasteiger partial charge in [-0.05, 0) is 168 Å². The first-order valence-electron chi connectivity index (χ1n) is 39.1. The highest BCUT2D eigenvalue weighted by atomic mass is 79.9. The van der Waals surface area contributed by atoms with Gasteiger partial charge in [-0.2, -0.15) is 0 Å². The highest BCUT2D eigenvalue weighted by molar-refractivity contribution is 9.09. The molecule has 568 valence electrons. The predicted molar refractivity (Wildman–Crippen MR) is 406 cm³/mol. The van der Waals surface area contributed by atoms with Crippen LogP contribution >= 0.6 is 39.1 Å². The Morgan fingerprint density at radius 1 is 0.485 bits per heavy atom. The van der Waals surface area contributed by atoms with Gasteiger partial charge in [-0.1, -0.05) is 137 Å². The zero-order valence-corrected chi connectivity index (χ0v) is 65.9. The quantitative estimate of drug-likeness (QED) is 0.0743. The third kappa shape index (κ3) is 11.9. The van der Waals surface area contributed by atoms with Gasteiger partial charge in [-0.3, -0.25) is 24.0 Å². The van der Waals surface area contributed by atoms with Crippen molar-refractivity contribution in [2.75, 3.05) is 17.1 Å². The molecule has 0 amide bonds. The Morgan fingerprint density at radius 3 is 1.35 bits per heavy atom. The first kappa shape index (κ1) is 79.7. The summed E-state index contributed by atoms with van der Waals surface area (Å²) in [4.78, 5) is 62.1. The van der Waals surface area contributed by atoms with Crippen LogP contribution in [0.1, 0.15) is 222 Å². The van der Waals surface area contributed by atoms with Crippen LogP contribution in [0.2, 0.25) is 0 Å². The van der Waals surface area contributed by atoms with Crippen molar-refractivity contribution in [3.05, 3.63) is 122 Å². The molecule has 24 atom stereocenters. The summed E-state index contributed by atoms with van der Waals surface area (Å²) in [6, 6.07) is 0. The normalized spacial score (nSPS) is 44.2. The molecule has 4 N–H and O–H groups in total. The van der Waals surface area contributed by atoms with Crippen molar-refractivity contribution in [1.29, 1.82) is 0 Å². The van der Waals surface area contributed by atoms with Crippen LogP contribution in [0.4, 0.5) is 0 Å². The summed E-state index contributed by atoms with van der Waals surface area (Å²) in [5.74, 6) is 5.38. The summed E-state index contributed by atoms with van der Waals surface area (Å²) in [6.07, 6.45) is 42.0. The summed E-state index contributed by atoms with van der Waals surface area (Å²) >= 11 is 15.2. The number of Topliss-reactive ketones (excluding diaryl/α,β-unsaturated/α-hetero) is 5. The fourth-order valence-electron chi connectivity index (χ4n) is 23.3. The first-order valence-corrected chi connectivity index (χ1v) is 41.3. The lowest BCUT2D eigenvalue weighted by atomic mass is 9.55. The van der Waals surface area contributed by atoms with E-state index in [0.717, 1.165) is 107 Å². The second-order valence-corrected chi connectivity index (χ2v) is 35.7. The van der Waals surface area contributed by atoms with Crippen molar-refractivity contribution in [2.45, 2.75) is 275 Å². The number of carbonyl (C=O) groups excluding carboxylic acids is 5. The highest BCUT2D eigenvalue weighted by Crippen LogP contribution is 2.72. The third-order valence-electron chi connectivity index (χ3n) is 29.6. The molecule has 10 aliphatic carbocycles. The van der Waals surface area contributed by atoms with Crippen LogP contribution < -0.4 is 0 Å². The molecule has 14 nitrogen and oxygen atoms in total. The van der Waals surface area contributed by atoms with Gasteiger partial charge >= 0.3 is 0 Å². The monoisotopic (exact) mass is 1520 g/mol. The summed E-state index contributed by atoms with van der Waals surface area (Å²) < 4.78 is 29.4. The molecule has 5 saturated heterocycles. The zero-order chi connectivity index (χ0) is 74.9. The first-order chi connectivity index (χ1) is 48.8. The van der Waals surface area contributed by atoms with Crippen molar-refractivity contribution in [1.82, 2.24) is 0 Å². The van der Waals surface area contributed by atoms with Crippen LogP contribution in [-0.2, 0) is 47.7 Å². The Bertz CT molecular complexity index is 3520. The number of hydrogen-bond acceptors (Lipinski definition) is 14. The molecule has 0 aromatic heterocycles. The van der Waals surface area contributed by atoms with Crippen LogP contribution in [-0.4, -0.2) is 119 Å². The number of fused-ring (bicyclic) bond motifs is 5. The van der Waals surface area contributed by atoms with Crippen molar-refractivity contribution in [2.24, 2.45) is 85.8 Å². The van der Waals surface area contributed by atoms with Crippen LogP contribution in [0.5, 0.6) is 0 Å². The Kier molecular flexibility index (Phi) is 23.1. The van der Waals surface area contributed by atoms with Crippen molar-refractivity contribution in [3.8, 4) is 0 Å². The fourth-order valence-corrected chi connectivity index (χ4v) is 24.2. The number of hydrogen-bond donors (Lipinski definition) is 4. The summed E-state index contributed by atoms with van der Waals surface area (Å²) in [5, 5.41) is 45.1. The van der Waals surface area contributed by atoms with E-state index in [2.05, 4.69) is 123 Å². The number of halogens is 3. The fraction of sp³-hybridized carbons (Fsp3) is 0.709. The van der Waals surface area contributed by atoms with Gasteiger partial charge in [0.1, 0.15) is 107 Å². The maximum Gasteiger partial charge on any atom is 0.141 e. The van der Waals surface area contributed by atoms with Gasteiger partial charge in [0.2, 0.25) is 0 Å². The Balaban J connectivity index is 0.000000129. The highest BCUT2D eigenvalue weighted by Gasteiger charge is 2.80. The second kappa shape index (κ2) is 29.9. The average Bonchev–Trinajstić information content (AvgIpc) is 1.56. The average molecular weight is 1530 g/mol. The molecule has 0 radical (unpaired) electrons. The molecule has 15 aliphatic rings.